The number of rotatable bonds is 4. The molecule has 0 aliphatic carbocycles. The molecule has 3 N–H and O–H groups in total. The van der Waals surface area contributed by atoms with E-state index in [1.165, 1.54) is 0 Å². The Balaban J connectivity index is 3.72. The maximum absolute atomic E-state index is 8.20. The molecule has 4 heteroatoms. The van der Waals surface area contributed by atoms with E-state index in [0.717, 1.165) is 19.3 Å². The highest BCUT2D eigenvalue weighted by atomic mass is 15.1. The molecule has 0 aromatic rings. The lowest BCUT2D eigenvalue weighted by atomic mass is 10.1. The number of hydrogen-bond acceptors (Lipinski definition) is 2. The van der Waals surface area contributed by atoms with Crippen LogP contribution in [0.5, 0.6) is 0 Å². The second kappa shape index (κ2) is 6.47. The summed E-state index contributed by atoms with van der Waals surface area (Å²) in [4.78, 5) is 4.06. The summed E-state index contributed by atoms with van der Waals surface area (Å²) in [6.45, 7) is 4.12. The molecule has 0 saturated carbocycles. The molecule has 0 aromatic carbocycles. The van der Waals surface area contributed by atoms with Crippen molar-refractivity contribution in [1.29, 1.82) is 5.26 Å². The first kappa shape index (κ1) is 10.8. The standard InChI is InChI=1S/C8H16N4/c1-3-4-5-7(2)12-8(10)11-6-9/h7H,3-5H2,1-2H3,(H3,10,11,12). The van der Waals surface area contributed by atoms with Crippen LogP contribution in [0.1, 0.15) is 33.1 Å². The summed E-state index contributed by atoms with van der Waals surface area (Å²) >= 11 is 0. The van der Waals surface area contributed by atoms with E-state index in [4.69, 9.17) is 11.0 Å². The van der Waals surface area contributed by atoms with Gasteiger partial charge in [-0.2, -0.15) is 5.26 Å². The van der Waals surface area contributed by atoms with Gasteiger partial charge in [0.15, 0.2) is 6.19 Å². The Morgan fingerprint density at radius 3 is 2.92 bits per heavy atom. The highest BCUT2D eigenvalue weighted by Crippen LogP contribution is 2.02. The van der Waals surface area contributed by atoms with E-state index in [1.807, 2.05) is 6.92 Å². The first-order valence-corrected chi connectivity index (χ1v) is 4.19. The lowest BCUT2D eigenvalue weighted by Gasteiger charge is -2.05. The number of aliphatic imine (C=N–C) groups is 1. The van der Waals surface area contributed by atoms with Gasteiger partial charge in [-0.25, -0.2) is 4.99 Å². The van der Waals surface area contributed by atoms with Crippen molar-refractivity contribution in [2.45, 2.75) is 39.2 Å². The van der Waals surface area contributed by atoms with Gasteiger partial charge in [-0.15, -0.1) is 0 Å². The summed E-state index contributed by atoms with van der Waals surface area (Å²) in [5.41, 5.74) is 5.37. The molecular formula is C8H16N4. The van der Waals surface area contributed by atoms with E-state index < -0.39 is 0 Å². The molecule has 0 spiro atoms. The van der Waals surface area contributed by atoms with Crippen LogP contribution in [0.25, 0.3) is 0 Å². The highest BCUT2D eigenvalue weighted by Gasteiger charge is 1.98. The average Bonchev–Trinajstić information content (AvgIpc) is 2.01. The third kappa shape index (κ3) is 5.54. The molecule has 0 aromatic heterocycles. The molecule has 1 unspecified atom stereocenters. The van der Waals surface area contributed by atoms with Gasteiger partial charge in [-0.05, 0) is 13.3 Å². The summed E-state index contributed by atoms with van der Waals surface area (Å²) in [6, 6.07) is 0.200. The van der Waals surface area contributed by atoms with E-state index in [2.05, 4.69) is 17.2 Å². The van der Waals surface area contributed by atoms with Crippen molar-refractivity contribution in [3.05, 3.63) is 0 Å². The molecule has 4 nitrogen and oxygen atoms in total. The van der Waals surface area contributed by atoms with Gasteiger partial charge in [0.1, 0.15) is 0 Å². The Bertz CT molecular complexity index is 180. The minimum absolute atomic E-state index is 0.200. The van der Waals surface area contributed by atoms with Crippen LogP contribution in [0.4, 0.5) is 0 Å². The quantitative estimate of drug-likeness (QED) is 0.284. The molecule has 68 valence electrons. The molecule has 0 heterocycles. The van der Waals surface area contributed by atoms with Gasteiger partial charge in [-0.1, -0.05) is 19.8 Å². The summed E-state index contributed by atoms with van der Waals surface area (Å²) in [5.74, 6) is 0.209. The van der Waals surface area contributed by atoms with Gasteiger partial charge >= 0.3 is 0 Å². The fourth-order valence-corrected chi connectivity index (χ4v) is 0.891. The van der Waals surface area contributed by atoms with Crippen LogP contribution < -0.4 is 11.1 Å². The highest BCUT2D eigenvalue weighted by molar-refractivity contribution is 5.79. The molecule has 0 saturated heterocycles. The van der Waals surface area contributed by atoms with Crippen molar-refractivity contribution in [3.63, 3.8) is 0 Å². The molecule has 0 radical (unpaired) electrons. The second-order valence-corrected chi connectivity index (χ2v) is 2.74. The van der Waals surface area contributed by atoms with Crippen molar-refractivity contribution in [2.75, 3.05) is 0 Å². The molecule has 12 heavy (non-hydrogen) atoms. The zero-order chi connectivity index (χ0) is 9.40. The summed E-state index contributed by atoms with van der Waals surface area (Å²) in [7, 11) is 0. The third-order valence-corrected chi connectivity index (χ3v) is 1.52. The minimum Gasteiger partial charge on any atom is -0.369 e. The SMILES string of the molecule is CCCCC(C)N=C(N)NC#N. The van der Waals surface area contributed by atoms with E-state index in [-0.39, 0.29) is 12.0 Å². The molecule has 0 aliphatic heterocycles. The van der Waals surface area contributed by atoms with Crippen LogP contribution in [0, 0.1) is 11.5 Å². The van der Waals surface area contributed by atoms with E-state index in [0.29, 0.717) is 0 Å². The molecule has 0 rings (SSSR count). The predicted molar refractivity (Wildman–Crippen MR) is 49.4 cm³/mol. The number of guanidine groups is 1. The number of nitriles is 1. The molecule has 0 fully saturated rings. The number of hydrogen-bond donors (Lipinski definition) is 2. The molecule has 0 amide bonds. The Labute approximate surface area is 73.5 Å². The topological polar surface area (TPSA) is 74.2 Å². The zero-order valence-corrected chi connectivity index (χ0v) is 7.67. The summed E-state index contributed by atoms with van der Waals surface area (Å²) < 4.78 is 0. The van der Waals surface area contributed by atoms with Gasteiger partial charge < -0.3 is 5.73 Å². The largest absolute Gasteiger partial charge is 0.369 e. The summed E-state index contributed by atoms with van der Waals surface area (Å²) in [6.07, 6.45) is 5.04. The Morgan fingerprint density at radius 1 is 1.75 bits per heavy atom. The van der Waals surface area contributed by atoms with Crippen molar-refractivity contribution in [3.8, 4) is 6.19 Å². The first-order chi connectivity index (χ1) is 5.70. The normalized spacial score (nSPS) is 13.6. The Morgan fingerprint density at radius 2 is 2.42 bits per heavy atom. The monoisotopic (exact) mass is 168 g/mol. The van der Waals surface area contributed by atoms with Crippen LogP contribution >= 0.6 is 0 Å². The predicted octanol–water partition coefficient (Wildman–Crippen LogP) is 0.950. The van der Waals surface area contributed by atoms with Gasteiger partial charge in [0.2, 0.25) is 5.96 Å². The number of nitrogens with zero attached hydrogens (tertiary/aromatic N) is 2. The van der Waals surface area contributed by atoms with Gasteiger partial charge in [0, 0.05) is 0 Å². The van der Waals surface area contributed by atoms with Gasteiger partial charge in [-0.3, -0.25) is 5.32 Å². The van der Waals surface area contributed by atoms with Crippen LogP contribution in [0.15, 0.2) is 4.99 Å². The Kier molecular flexibility index (Phi) is 5.80. The van der Waals surface area contributed by atoms with Crippen molar-refractivity contribution < 1.29 is 0 Å². The van der Waals surface area contributed by atoms with Crippen molar-refractivity contribution >= 4 is 5.96 Å². The fraction of sp³-hybridized carbons (Fsp3) is 0.750. The molecular weight excluding hydrogens is 152 g/mol. The first-order valence-electron chi connectivity index (χ1n) is 4.19. The zero-order valence-electron chi connectivity index (χ0n) is 7.67. The van der Waals surface area contributed by atoms with Crippen LogP contribution in [0.2, 0.25) is 0 Å². The van der Waals surface area contributed by atoms with Crippen molar-refractivity contribution in [1.82, 2.24) is 5.32 Å². The van der Waals surface area contributed by atoms with Gasteiger partial charge in [0.25, 0.3) is 0 Å². The van der Waals surface area contributed by atoms with Crippen LogP contribution in [0.3, 0.4) is 0 Å². The maximum atomic E-state index is 8.20. The number of nitrogens with one attached hydrogen (secondary N) is 1. The molecule has 1 atom stereocenters. The minimum atomic E-state index is 0.200. The van der Waals surface area contributed by atoms with Gasteiger partial charge in [0.05, 0.1) is 6.04 Å². The number of nitrogens with two attached hydrogens (primary N) is 1. The van der Waals surface area contributed by atoms with E-state index in [9.17, 15) is 0 Å². The van der Waals surface area contributed by atoms with Crippen molar-refractivity contribution in [2.24, 2.45) is 10.7 Å². The average molecular weight is 168 g/mol. The number of unbranched alkanes of at least 4 members (excludes halogenated alkanes) is 1. The maximum Gasteiger partial charge on any atom is 0.202 e. The second-order valence-electron chi connectivity index (χ2n) is 2.74. The van der Waals surface area contributed by atoms with E-state index >= 15 is 0 Å². The van der Waals surface area contributed by atoms with Crippen LogP contribution in [-0.2, 0) is 0 Å². The Hall–Kier alpha value is -1.24. The third-order valence-electron chi connectivity index (χ3n) is 1.52. The molecule has 0 aliphatic rings. The smallest absolute Gasteiger partial charge is 0.202 e. The van der Waals surface area contributed by atoms with E-state index in [1.54, 1.807) is 6.19 Å². The van der Waals surface area contributed by atoms with Crippen LogP contribution in [-0.4, -0.2) is 12.0 Å². The molecule has 0 bridgehead atoms. The summed E-state index contributed by atoms with van der Waals surface area (Å²) in [5, 5.41) is 10.5. The lowest BCUT2D eigenvalue weighted by Crippen LogP contribution is -2.28. The lowest BCUT2D eigenvalue weighted by molar-refractivity contribution is 0.615. The fourth-order valence-electron chi connectivity index (χ4n) is 0.891.